The predicted octanol–water partition coefficient (Wildman–Crippen LogP) is 2.68. The van der Waals surface area contributed by atoms with E-state index in [1.54, 1.807) is 13.0 Å². The first-order valence-corrected chi connectivity index (χ1v) is 4.88. The molecule has 2 nitrogen and oxygen atoms in total. The maximum atomic E-state index is 12.8. The van der Waals surface area contributed by atoms with Gasteiger partial charge < -0.3 is 5.73 Å². The summed E-state index contributed by atoms with van der Waals surface area (Å²) in [5, 5.41) is 8.59. The number of benzene rings is 1. The van der Waals surface area contributed by atoms with E-state index in [0.717, 1.165) is 5.56 Å². The first-order chi connectivity index (χ1) is 6.47. The Balaban J connectivity index is 3.14. The minimum atomic E-state index is -0.749. The van der Waals surface area contributed by atoms with Gasteiger partial charge in [-0.3, -0.25) is 0 Å². The van der Waals surface area contributed by atoms with Crippen molar-refractivity contribution in [3.05, 3.63) is 34.1 Å². The molecular formula is C10H10BrFN2. The van der Waals surface area contributed by atoms with Gasteiger partial charge in [-0.05, 0) is 24.6 Å². The summed E-state index contributed by atoms with van der Waals surface area (Å²) in [4.78, 5) is 0. The molecule has 74 valence electrons. The summed E-state index contributed by atoms with van der Waals surface area (Å²) in [6.07, 6.45) is 0.192. The molecule has 0 radical (unpaired) electrons. The second-order valence-corrected chi connectivity index (χ2v) is 4.23. The molecule has 0 amide bonds. The highest BCUT2D eigenvalue weighted by Crippen LogP contribution is 2.29. The van der Waals surface area contributed by atoms with Crippen molar-refractivity contribution in [3.63, 3.8) is 0 Å². The second-order valence-electron chi connectivity index (χ2n) is 3.38. The number of nitrogens with zero attached hydrogens (tertiary/aromatic N) is 1. The zero-order valence-corrected chi connectivity index (χ0v) is 9.31. The Morgan fingerprint density at radius 3 is 2.79 bits per heavy atom. The highest BCUT2D eigenvalue weighted by molar-refractivity contribution is 9.10. The lowest BCUT2D eigenvalue weighted by atomic mass is 9.90. The molecule has 1 aromatic carbocycles. The third-order valence-corrected chi connectivity index (χ3v) is 2.65. The van der Waals surface area contributed by atoms with Crippen LogP contribution in [-0.2, 0) is 5.54 Å². The summed E-state index contributed by atoms with van der Waals surface area (Å²) in [6.45, 7) is 1.74. The van der Waals surface area contributed by atoms with E-state index in [-0.39, 0.29) is 12.2 Å². The van der Waals surface area contributed by atoms with Gasteiger partial charge in [-0.1, -0.05) is 22.0 Å². The number of rotatable bonds is 2. The fourth-order valence-electron chi connectivity index (χ4n) is 1.21. The van der Waals surface area contributed by atoms with E-state index in [1.165, 1.54) is 12.1 Å². The van der Waals surface area contributed by atoms with Crippen LogP contribution in [0.2, 0.25) is 0 Å². The molecule has 0 spiro atoms. The van der Waals surface area contributed by atoms with E-state index in [0.29, 0.717) is 4.47 Å². The summed E-state index contributed by atoms with van der Waals surface area (Å²) in [6, 6.07) is 6.28. The van der Waals surface area contributed by atoms with Crippen LogP contribution in [0, 0.1) is 17.1 Å². The Kier molecular flexibility index (Phi) is 3.25. The van der Waals surface area contributed by atoms with Crippen LogP contribution in [0.4, 0.5) is 4.39 Å². The molecule has 0 unspecified atom stereocenters. The van der Waals surface area contributed by atoms with Crippen LogP contribution in [0.5, 0.6) is 0 Å². The summed E-state index contributed by atoms with van der Waals surface area (Å²) < 4.78 is 13.4. The first-order valence-electron chi connectivity index (χ1n) is 4.09. The van der Waals surface area contributed by atoms with Crippen molar-refractivity contribution in [3.8, 4) is 6.07 Å². The van der Waals surface area contributed by atoms with Gasteiger partial charge in [-0.15, -0.1) is 0 Å². The van der Waals surface area contributed by atoms with Gasteiger partial charge in [0.05, 0.1) is 18.0 Å². The molecule has 0 aliphatic rings. The third kappa shape index (κ3) is 2.31. The predicted molar refractivity (Wildman–Crippen MR) is 55.9 cm³/mol. The number of nitriles is 1. The van der Waals surface area contributed by atoms with Gasteiger partial charge in [-0.25, -0.2) is 4.39 Å². The van der Waals surface area contributed by atoms with Crippen molar-refractivity contribution in [2.45, 2.75) is 18.9 Å². The topological polar surface area (TPSA) is 49.8 Å². The van der Waals surface area contributed by atoms with Crippen molar-refractivity contribution in [2.24, 2.45) is 5.73 Å². The maximum absolute atomic E-state index is 12.8. The smallest absolute Gasteiger partial charge is 0.124 e. The number of nitrogens with two attached hydrogens (primary N) is 1. The molecule has 0 saturated heterocycles. The van der Waals surface area contributed by atoms with Crippen LogP contribution >= 0.6 is 15.9 Å². The fourth-order valence-corrected chi connectivity index (χ4v) is 2.02. The zero-order chi connectivity index (χ0) is 10.8. The molecule has 1 aromatic rings. The molecular weight excluding hydrogens is 247 g/mol. The standard InChI is InChI=1S/C10H10BrFN2/c1-10(14,4-5-13)8-3-2-7(12)6-9(8)11/h2-3,6H,4,14H2,1H3/t10-/m0/s1. The van der Waals surface area contributed by atoms with Crippen molar-refractivity contribution >= 4 is 15.9 Å². The quantitative estimate of drug-likeness (QED) is 0.885. The minimum absolute atomic E-state index is 0.192. The molecule has 0 heterocycles. The molecule has 0 aromatic heterocycles. The Labute approximate surface area is 90.7 Å². The van der Waals surface area contributed by atoms with E-state index in [9.17, 15) is 4.39 Å². The fraction of sp³-hybridized carbons (Fsp3) is 0.300. The van der Waals surface area contributed by atoms with Crippen molar-refractivity contribution < 1.29 is 4.39 Å². The molecule has 4 heteroatoms. The summed E-state index contributed by atoms with van der Waals surface area (Å²) >= 11 is 3.22. The summed E-state index contributed by atoms with van der Waals surface area (Å²) in [5.74, 6) is -0.326. The third-order valence-electron chi connectivity index (χ3n) is 1.99. The molecule has 0 aliphatic heterocycles. The van der Waals surface area contributed by atoms with Gasteiger partial charge in [0.25, 0.3) is 0 Å². The Bertz CT molecular complexity index is 382. The van der Waals surface area contributed by atoms with E-state index in [1.807, 2.05) is 6.07 Å². The van der Waals surface area contributed by atoms with Crippen molar-refractivity contribution in [1.82, 2.24) is 0 Å². The van der Waals surface area contributed by atoms with Crippen molar-refractivity contribution in [2.75, 3.05) is 0 Å². The van der Waals surface area contributed by atoms with Crippen LogP contribution in [0.1, 0.15) is 18.9 Å². The maximum Gasteiger partial charge on any atom is 0.124 e. The van der Waals surface area contributed by atoms with E-state index < -0.39 is 5.54 Å². The second kappa shape index (κ2) is 4.07. The van der Waals surface area contributed by atoms with Crippen LogP contribution < -0.4 is 5.73 Å². The van der Waals surface area contributed by atoms with Gasteiger partial charge in [0.1, 0.15) is 5.82 Å². The highest BCUT2D eigenvalue weighted by atomic mass is 79.9. The lowest BCUT2D eigenvalue weighted by molar-refractivity contribution is 0.503. The molecule has 1 atom stereocenters. The van der Waals surface area contributed by atoms with Gasteiger partial charge in [0, 0.05) is 4.47 Å². The summed E-state index contributed by atoms with van der Waals surface area (Å²) in [7, 11) is 0. The Morgan fingerprint density at radius 2 is 2.29 bits per heavy atom. The highest BCUT2D eigenvalue weighted by Gasteiger charge is 2.23. The average Bonchev–Trinajstić information content (AvgIpc) is 2.02. The van der Waals surface area contributed by atoms with Crippen LogP contribution in [-0.4, -0.2) is 0 Å². The lowest BCUT2D eigenvalue weighted by Crippen LogP contribution is -2.32. The molecule has 0 fully saturated rings. The normalized spacial score (nSPS) is 14.5. The Hall–Kier alpha value is -0.920. The molecule has 0 saturated carbocycles. The first kappa shape index (κ1) is 11.2. The van der Waals surface area contributed by atoms with E-state index in [2.05, 4.69) is 15.9 Å². The van der Waals surface area contributed by atoms with Crippen LogP contribution in [0.3, 0.4) is 0 Å². The molecule has 1 rings (SSSR count). The number of hydrogen-bond donors (Lipinski definition) is 1. The van der Waals surface area contributed by atoms with Crippen molar-refractivity contribution in [1.29, 1.82) is 5.26 Å². The average molecular weight is 257 g/mol. The SMILES string of the molecule is C[C@](N)(CC#N)c1ccc(F)cc1Br. The molecule has 2 N–H and O–H groups in total. The van der Waals surface area contributed by atoms with Gasteiger partial charge in [-0.2, -0.15) is 5.26 Å². The molecule has 14 heavy (non-hydrogen) atoms. The minimum Gasteiger partial charge on any atom is -0.321 e. The molecule has 0 bridgehead atoms. The van der Waals surface area contributed by atoms with Crippen LogP contribution in [0.25, 0.3) is 0 Å². The van der Waals surface area contributed by atoms with Gasteiger partial charge in [0.15, 0.2) is 0 Å². The number of halogens is 2. The van der Waals surface area contributed by atoms with Crippen LogP contribution in [0.15, 0.2) is 22.7 Å². The zero-order valence-electron chi connectivity index (χ0n) is 7.72. The van der Waals surface area contributed by atoms with E-state index in [4.69, 9.17) is 11.0 Å². The largest absolute Gasteiger partial charge is 0.321 e. The summed E-state index contributed by atoms with van der Waals surface area (Å²) in [5.41, 5.74) is 5.91. The lowest BCUT2D eigenvalue weighted by Gasteiger charge is -2.23. The van der Waals surface area contributed by atoms with E-state index >= 15 is 0 Å². The molecule has 0 aliphatic carbocycles. The number of hydrogen-bond acceptors (Lipinski definition) is 2. The van der Waals surface area contributed by atoms with Gasteiger partial charge in [0.2, 0.25) is 0 Å². The Morgan fingerprint density at radius 1 is 1.64 bits per heavy atom. The monoisotopic (exact) mass is 256 g/mol. The van der Waals surface area contributed by atoms with Gasteiger partial charge >= 0.3 is 0 Å².